The summed E-state index contributed by atoms with van der Waals surface area (Å²) in [5.41, 5.74) is 3.45. The van der Waals surface area contributed by atoms with Gasteiger partial charge in [-0.2, -0.15) is 0 Å². The normalized spacial score (nSPS) is 16.9. The number of carbonyl (C=O) groups is 2. The maximum Gasteiger partial charge on any atom is 0.261 e. The van der Waals surface area contributed by atoms with E-state index >= 15 is 0 Å². The fourth-order valence-electron chi connectivity index (χ4n) is 2.28. The summed E-state index contributed by atoms with van der Waals surface area (Å²) in [6.45, 7) is 4.13. The number of nitrogens with zero attached hydrogens (tertiary/aromatic N) is 1. The first-order chi connectivity index (χ1) is 8.68. The first kappa shape index (κ1) is 13.8. The summed E-state index contributed by atoms with van der Waals surface area (Å²) in [6.07, 6.45) is 0. The van der Waals surface area contributed by atoms with Gasteiger partial charge in [0.2, 0.25) is 0 Å². The Kier molecular flexibility index (Phi) is 3.73. The summed E-state index contributed by atoms with van der Waals surface area (Å²) >= 11 is 0. The van der Waals surface area contributed by atoms with Crippen LogP contribution in [0.2, 0.25) is 0 Å². The van der Waals surface area contributed by atoms with Crippen molar-refractivity contribution in [3.8, 4) is 0 Å². The number of benzene rings is 1. The number of hydrogen-bond donors (Lipinski definition) is 1. The van der Waals surface area contributed by atoms with Gasteiger partial charge in [0, 0.05) is 13.1 Å². The molecule has 3 rings (SSSR count). The summed E-state index contributed by atoms with van der Waals surface area (Å²) in [4.78, 5) is 25.6. The van der Waals surface area contributed by atoms with Gasteiger partial charge in [-0.25, -0.2) is 0 Å². The maximum atomic E-state index is 12.1. The molecule has 5 heteroatoms. The van der Waals surface area contributed by atoms with Gasteiger partial charge in [-0.05, 0) is 24.6 Å². The summed E-state index contributed by atoms with van der Waals surface area (Å²) in [6, 6.07) is 7.00. The third-order valence-electron chi connectivity index (χ3n) is 3.55. The molecule has 100 valence electrons. The number of hydrogen-bond acceptors (Lipinski definition) is 3. The molecule has 1 fully saturated rings. The Morgan fingerprint density at radius 1 is 1.16 bits per heavy atom. The fraction of sp³-hybridized carbons (Fsp3) is 0.286. The van der Waals surface area contributed by atoms with E-state index < -0.39 is 0 Å². The Morgan fingerprint density at radius 2 is 1.68 bits per heavy atom. The number of amides is 2. The zero-order valence-electron chi connectivity index (χ0n) is 10.6. The van der Waals surface area contributed by atoms with Gasteiger partial charge in [-0.1, -0.05) is 17.7 Å². The number of rotatable bonds is 2. The van der Waals surface area contributed by atoms with Crippen LogP contribution in [0.15, 0.2) is 35.4 Å². The van der Waals surface area contributed by atoms with Crippen LogP contribution >= 0.6 is 12.4 Å². The lowest BCUT2D eigenvalue weighted by molar-refractivity contribution is 0.0667. The van der Waals surface area contributed by atoms with Crippen LogP contribution in [-0.2, 0) is 0 Å². The van der Waals surface area contributed by atoms with E-state index in [1.165, 1.54) is 10.5 Å². The van der Waals surface area contributed by atoms with Crippen molar-refractivity contribution in [2.45, 2.75) is 6.92 Å². The highest BCUT2D eigenvalue weighted by Gasteiger charge is 2.35. The van der Waals surface area contributed by atoms with Crippen LogP contribution < -0.4 is 5.32 Å². The summed E-state index contributed by atoms with van der Waals surface area (Å²) in [7, 11) is 0. The molecular weight excluding hydrogens is 264 g/mol. The molecule has 19 heavy (non-hydrogen) atoms. The number of carbonyl (C=O) groups excluding carboxylic acids is 2. The quantitative estimate of drug-likeness (QED) is 0.661. The van der Waals surface area contributed by atoms with E-state index in [0.717, 1.165) is 18.7 Å². The van der Waals surface area contributed by atoms with E-state index in [1.807, 2.05) is 6.92 Å². The van der Waals surface area contributed by atoms with Crippen molar-refractivity contribution in [3.63, 3.8) is 0 Å². The minimum atomic E-state index is -0.178. The maximum absolute atomic E-state index is 12.1. The first-order valence-electron chi connectivity index (χ1n) is 6.02. The molecule has 2 aliphatic heterocycles. The molecule has 2 amide bonds. The van der Waals surface area contributed by atoms with Crippen molar-refractivity contribution >= 4 is 24.2 Å². The molecule has 4 nitrogen and oxygen atoms in total. The Bertz CT molecular complexity index is 540. The zero-order chi connectivity index (χ0) is 12.7. The summed E-state index contributed by atoms with van der Waals surface area (Å²) in [5, 5.41) is 3.16. The SMILES string of the molecule is CC(CN1C(=O)c2ccccc2C1=O)=C1CNC1.Cl. The van der Waals surface area contributed by atoms with Gasteiger partial charge in [0.25, 0.3) is 11.8 Å². The Labute approximate surface area is 117 Å². The molecule has 0 unspecified atom stereocenters. The molecule has 2 aliphatic rings. The third-order valence-corrected chi connectivity index (χ3v) is 3.55. The smallest absolute Gasteiger partial charge is 0.261 e. The van der Waals surface area contributed by atoms with E-state index in [-0.39, 0.29) is 24.2 Å². The van der Waals surface area contributed by atoms with Crippen LogP contribution in [0.4, 0.5) is 0 Å². The van der Waals surface area contributed by atoms with Crippen molar-refractivity contribution in [3.05, 3.63) is 46.5 Å². The minimum absolute atomic E-state index is 0. The average molecular weight is 279 g/mol. The molecule has 1 saturated heterocycles. The van der Waals surface area contributed by atoms with Crippen LogP contribution in [0.25, 0.3) is 0 Å². The van der Waals surface area contributed by atoms with Gasteiger partial charge >= 0.3 is 0 Å². The van der Waals surface area contributed by atoms with E-state index in [0.29, 0.717) is 17.7 Å². The van der Waals surface area contributed by atoms with Crippen molar-refractivity contribution in [2.75, 3.05) is 19.6 Å². The molecule has 2 heterocycles. The topological polar surface area (TPSA) is 49.4 Å². The highest BCUT2D eigenvalue weighted by atomic mass is 35.5. The van der Waals surface area contributed by atoms with Gasteiger partial charge in [-0.15, -0.1) is 12.4 Å². The molecular formula is C14H15ClN2O2. The van der Waals surface area contributed by atoms with Crippen molar-refractivity contribution in [1.29, 1.82) is 0 Å². The van der Waals surface area contributed by atoms with E-state index in [1.54, 1.807) is 24.3 Å². The molecule has 1 aromatic carbocycles. The van der Waals surface area contributed by atoms with Crippen LogP contribution in [0, 0.1) is 0 Å². The van der Waals surface area contributed by atoms with Gasteiger partial charge in [-0.3, -0.25) is 14.5 Å². The largest absolute Gasteiger partial charge is 0.309 e. The van der Waals surface area contributed by atoms with E-state index in [4.69, 9.17) is 0 Å². The summed E-state index contributed by atoms with van der Waals surface area (Å²) < 4.78 is 0. The number of imide groups is 1. The fourth-order valence-corrected chi connectivity index (χ4v) is 2.28. The standard InChI is InChI=1S/C14H14N2O2.ClH/c1-9(10-6-15-7-10)8-16-13(17)11-4-2-3-5-12(11)14(16)18;/h2-5,15H,6-8H2,1H3;1H. The number of fused-ring (bicyclic) bond motifs is 1. The second kappa shape index (κ2) is 5.15. The van der Waals surface area contributed by atoms with E-state index in [9.17, 15) is 9.59 Å². The number of halogens is 1. The molecule has 1 N–H and O–H groups in total. The van der Waals surface area contributed by atoms with Gasteiger partial charge in [0.05, 0.1) is 17.7 Å². The van der Waals surface area contributed by atoms with Crippen molar-refractivity contribution in [1.82, 2.24) is 10.2 Å². The highest BCUT2D eigenvalue weighted by molar-refractivity contribution is 6.21. The van der Waals surface area contributed by atoms with Crippen molar-refractivity contribution in [2.24, 2.45) is 0 Å². The highest BCUT2D eigenvalue weighted by Crippen LogP contribution is 2.24. The zero-order valence-corrected chi connectivity index (χ0v) is 11.4. The molecule has 0 aromatic heterocycles. The van der Waals surface area contributed by atoms with Crippen LogP contribution in [0.3, 0.4) is 0 Å². The first-order valence-corrected chi connectivity index (χ1v) is 6.02. The minimum Gasteiger partial charge on any atom is -0.309 e. The van der Waals surface area contributed by atoms with Gasteiger partial charge < -0.3 is 5.32 Å². The Balaban J connectivity index is 0.00000133. The number of nitrogens with one attached hydrogen (secondary N) is 1. The van der Waals surface area contributed by atoms with Crippen LogP contribution in [0.1, 0.15) is 27.6 Å². The van der Waals surface area contributed by atoms with E-state index in [2.05, 4.69) is 5.32 Å². The molecule has 0 spiro atoms. The lowest BCUT2D eigenvalue weighted by Crippen LogP contribution is -2.38. The molecule has 0 bridgehead atoms. The third kappa shape index (κ3) is 2.17. The molecule has 1 aromatic rings. The van der Waals surface area contributed by atoms with Crippen molar-refractivity contribution < 1.29 is 9.59 Å². The molecule has 0 aliphatic carbocycles. The lowest BCUT2D eigenvalue weighted by atomic mass is 10.0. The lowest BCUT2D eigenvalue weighted by Gasteiger charge is -2.24. The monoisotopic (exact) mass is 278 g/mol. The van der Waals surface area contributed by atoms with Crippen LogP contribution in [-0.4, -0.2) is 36.3 Å². The second-order valence-electron chi connectivity index (χ2n) is 4.73. The van der Waals surface area contributed by atoms with Gasteiger partial charge in [0.1, 0.15) is 0 Å². The predicted octanol–water partition coefficient (Wildman–Crippen LogP) is 1.62. The average Bonchev–Trinajstić information content (AvgIpc) is 2.53. The second-order valence-corrected chi connectivity index (χ2v) is 4.73. The molecule has 0 saturated carbocycles. The molecule has 0 radical (unpaired) electrons. The Morgan fingerprint density at radius 3 is 2.11 bits per heavy atom. The molecule has 0 atom stereocenters. The summed E-state index contributed by atoms with van der Waals surface area (Å²) in [5.74, 6) is -0.356. The van der Waals surface area contributed by atoms with Crippen LogP contribution in [0.5, 0.6) is 0 Å². The van der Waals surface area contributed by atoms with Gasteiger partial charge in [0.15, 0.2) is 0 Å². The predicted molar refractivity (Wildman–Crippen MR) is 74.6 cm³/mol. The Hall–Kier alpha value is -1.65.